The summed E-state index contributed by atoms with van der Waals surface area (Å²) in [6.07, 6.45) is -0.862. The number of carbonyl (C=O) groups is 1. The highest BCUT2D eigenvalue weighted by molar-refractivity contribution is 6.03. The largest absolute Gasteiger partial charge is 0.504 e. The maximum Gasteiger partial charge on any atom is 0.231 e. The van der Waals surface area contributed by atoms with E-state index in [2.05, 4.69) is 0 Å². The van der Waals surface area contributed by atoms with E-state index in [1.54, 1.807) is 12.1 Å². The molecule has 0 aliphatic carbocycles. The van der Waals surface area contributed by atoms with Gasteiger partial charge in [0, 0.05) is 11.6 Å². The number of carbonyl (C=O) groups excluding carboxylic acids is 1. The molecule has 0 saturated heterocycles. The van der Waals surface area contributed by atoms with Crippen LogP contribution in [0.1, 0.15) is 28.4 Å². The lowest BCUT2D eigenvalue weighted by Gasteiger charge is -2.26. The maximum atomic E-state index is 12.4. The van der Waals surface area contributed by atoms with E-state index in [0.717, 1.165) is 0 Å². The standard InChI is InChI=1S/C16H12O7/c17-8-3-1-2-7(14(8)19)10-4-9(18)13-11(23-10)5-12-16(15(13)20)22-6-21-12/h1-3,5,10,17,19-20H,4,6H2/t10-/m1/s1. The van der Waals surface area contributed by atoms with Gasteiger partial charge in [0.2, 0.25) is 12.5 Å². The molecular weight excluding hydrogens is 304 g/mol. The predicted molar refractivity (Wildman–Crippen MR) is 76.3 cm³/mol. The molecule has 4 rings (SSSR count). The molecule has 0 saturated carbocycles. The van der Waals surface area contributed by atoms with Gasteiger partial charge in [-0.25, -0.2) is 0 Å². The topological polar surface area (TPSA) is 105 Å². The van der Waals surface area contributed by atoms with Gasteiger partial charge in [-0.05, 0) is 6.07 Å². The molecule has 2 aliphatic heterocycles. The van der Waals surface area contributed by atoms with Crippen LogP contribution in [-0.2, 0) is 0 Å². The molecule has 1 atom stereocenters. The average Bonchev–Trinajstić information content (AvgIpc) is 2.98. The van der Waals surface area contributed by atoms with Crippen LogP contribution in [0.25, 0.3) is 0 Å². The van der Waals surface area contributed by atoms with E-state index in [1.807, 2.05) is 0 Å². The van der Waals surface area contributed by atoms with Crippen LogP contribution in [0.4, 0.5) is 0 Å². The van der Waals surface area contributed by atoms with Crippen molar-refractivity contribution < 1.29 is 34.3 Å². The van der Waals surface area contributed by atoms with Gasteiger partial charge in [-0.3, -0.25) is 4.79 Å². The summed E-state index contributed by atoms with van der Waals surface area (Å²) in [6, 6.07) is 5.91. The molecule has 3 N–H and O–H groups in total. The van der Waals surface area contributed by atoms with Crippen LogP contribution in [0, 0.1) is 0 Å². The number of ether oxygens (including phenoxy) is 3. The number of phenols is 3. The molecule has 2 aromatic rings. The van der Waals surface area contributed by atoms with E-state index in [0.29, 0.717) is 5.56 Å². The van der Waals surface area contributed by atoms with Crippen LogP contribution in [0.3, 0.4) is 0 Å². The minimum Gasteiger partial charge on any atom is -0.504 e. The van der Waals surface area contributed by atoms with Crippen LogP contribution >= 0.6 is 0 Å². The van der Waals surface area contributed by atoms with Gasteiger partial charge in [0.05, 0.1) is 6.42 Å². The normalized spacial score (nSPS) is 18.4. The van der Waals surface area contributed by atoms with Gasteiger partial charge in [0.15, 0.2) is 28.8 Å². The average molecular weight is 316 g/mol. The third-order valence-corrected chi connectivity index (χ3v) is 3.91. The summed E-state index contributed by atoms with van der Waals surface area (Å²) >= 11 is 0. The molecule has 2 heterocycles. The molecule has 0 aromatic heterocycles. The van der Waals surface area contributed by atoms with Crippen molar-refractivity contribution in [1.29, 1.82) is 0 Å². The van der Waals surface area contributed by atoms with Crippen LogP contribution in [0.2, 0.25) is 0 Å². The number of benzene rings is 2. The van der Waals surface area contributed by atoms with E-state index in [-0.39, 0.29) is 59.1 Å². The van der Waals surface area contributed by atoms with E-state index < -0.39 is 6.10 Å². The Hall–Kier alpha value is -3.09. The van der Waals surface area contributed by atoms with Crippen molar-refractivity contribution in [2.45, 2.75) is 12.5 Å². The lowest BCUT2D eigenvalue weighted by atomic mass is 9.94. The fourth-order valence-corrected chi connectivity index (χ4v) is 2.81. The number of rotatable bonds is 1. The van der Waals surface area contributed by atoms with E-state index >= 15 is 0 Å². The Morgan fingerprint density at radius 3 is 2.70 bits per heavy atom. The van der Waals surface area contributed by atoms with E-state index in [4.69, 9.17) is 14.2 Å². The summed E-state index contributed by atoms with van der Waals surface area (Å²) in [7, 11) is 0. The van der Waals surface area contributed by atoms with Gasteiger partial charge in [-0.1, -0.05) is 12.1 Å². The first-order valence-corrected chi connectivity index (χ1v) is 6.92. The zero-order valence-electron chi connectivity index (χ0n) is 11.8. The van der Waals surface area contributed by atoms with Crippen LogP contribution in [-0.4, -0.2) is 27.9 Å². The van der Waals surface area contributed by atoms with E-state index in [9.17, 15) is 20.1 Å². The highest BCUT2D eigenvalue weighted by Gasteiger charge is 2.36. The Labute approximate surface area is 130 Å². The Kier molecular flexibility index (Phi) is 2.77. The van der Waals surface area contributed by atoms with Crippen molar-refractivity contribution in [2.24, 2.45) is 0 Å². The van der Waals surface area contributed by atoms with Gasteiger partial charge in [-0.2, -0.15) is 0 Å². The summed E-state index contributed by atoms with van der Waals surface area (Å²) in [5, 5.41) is 29.7. The molecule has 0 fully saturated rings. The number of hydrogen-bond acceptors (Lipinski definition) is 7. The van der Waals surface area contributed by atoms with E-state index in [1.165, 1.54) is 12.1 Å². The Morgan fingerprint density at radius 2 is 1.87 bits per heavy atom. The molecule has 23 heavy (non-hydrogen) atoms. The van der Waals surface area contributed by atoms with Crippen LogP contribution in [0.5, 0.6) is 34.5 Å². The fourth-order valence-electron chi connectivity index (χ4n) is 2.81. The number of phenolic OH excluding ortho intramolecular Hbond substituents is 3. The van der Waals surface area contributed by atoms with Crippen molar-refractivity contribution >= 4 is 5.78 Å². The Morgan fingerprint density at radius 1 is 1.04 bits per heavy atom. The molecule has 0 radical (unpaired) electrons. The zero-order chi connectivity index (χ0) is 16.1. The number of aromatic hydroxyl groups is 3. The molecule has 0 unspecified atom stereocenters. The lowest BCUT2D eigenvalue weighted by molar-refractivity contribution is 0.0841. The minimum atomic E-state index is -0.776. The molecular formula is C16H12O7. The predicted octanol–water partition coefficient (Wildman–Crippen LogP) is 2.24. The molecule has 0 amide bonds. The summed E-state index contributed by atoms with van der Waals surface area (Å²) < 4.78 is 16.1. The summed E-state index contributed by atoms with van der Waals surface area (Å²) in [6.45, 7) is -0.0449. The third-order valence-electron chi connectivity index (χ3n) is 3.91. The second kappa shape index (κ2) is 4.70. The zero-order valence-corrected chi connectivity index (χ0v) is 11.8. The van der Waals surface area contributed by atoms with Gasteiger partial charge in [0.25, 0.3) is 0 Å². The first-order valence-electron chi connectivity index (χ1n) is 6.92. The molecule has 7 nitrogen and oxygen atoms in total. The second-order valence-electron chi connectivity index (χ2n) is 5.28. The van der Waals surface area contributed by atoms with Gasteiger partial charge >= 0.3 is 0 Å². The van der Waals surface area contributed by atoms with Crippen molar-refractivity contribution in [3.63, 3.8) is 0 Å². The quantitative estimate of drug-likeness (QED) is 0.693. The highest BCUT2D eigenvalue weighted by Crippen LogP contribution is 2.51. The summed E-state index contributed by atoms with van der Waals surface area (Å²) in [5.74, 6) is -0.727. The smallest absolute Gasteiger partial charge is 0.231 e. The monoisotopic (exact) mass is 316 g/mol. The number of fused-ring (bicyclic) bond motifs is 2. The Balaban J connectivity index is 1.80. The molecule has 2 aromatic carbocycles. The van der Waals surface area contributed by atoms with Crippen molar-refractivity contribution in [1.82, 2.24) is 0 Å². The van der Waals surface area contributed by atoms with Gasteiger partial charge in [0.1, 0.15) is 17.4 Å². The molecule has 118 valence electrons. The SMILES string of the molecule is O=C1C[C@H](c2cccc(O)c2O)Oc2cc3c(c(O)c21)OCO3. The molecule has 7 heteroatoms. The van der Waals surface area contributed by atoms with Crippen molar-refractivity contribution in [2.75, 3.05) is 6.79 Å². The second-order valence-corrected chi connectivity index (χ2v) is 5.28. The number of para-hydroxylation sites is 1. The lowest BCUT2D eigenvalue weighted by Crippen LogP contribution is -2.20. The molecule has 2 aliphatic rings. The van der Waals surface area contributed by atoms with Crippen LogP contribution < -0.4 is 14.2 Å². The van der Waals surface area contributed by atoms with Gasteiger partial charge in [-0.15, -0.1) is 0 Å². The van der Waals surface area contributed by atoms with Crippen molar-refractivity contribution in [3.05, 3.63) is 35.4 Å². The van der Waals surface area contributed by atoms with Gasteiger partial charge < -0.3 is 29.5 Å². The minimum absolute atomic E-state index is 0.0325. The summed E-state index contributed by atoms with van der Waals surface area (Å²) in [5.41, 5.74) is 0.325. The maximum absolute atomic E-state index is 12.4. The first-order chi connectivity index (χ1) is 11.1. The number of ketones is 1. The molecule has 0 bridgehead atoms. The number of hydrogen-bond donors (Lipinski definition) is 3. The Bertz CT molecular complexity index is 828. The number of Topliss-reactive ketones (excluding diaryl/α,β-unsaturated/α-hetero) is 1. The van der Waals surface area contributed by atoms with Crippen molar-refractivity contribution in [3.8, 4) is 34.5 Å². The first kappa shape index (κ1) is 13.6. The third kappa shape index (κ3) is 1.93. The molecule has 0 spiro atoms. The summed E-state index contributed by atoms with van der Waals surface area (Å²) in [4.78, 5) is 12.4. The van der Waals surface area contributed by atoms with Crippen LogP contribution in [0.15, 0.2) is 24.3 Å². The highest BCUT2D eigenvalue weighted by atomic mass is 16.7. The fraction of sp³-hybridized carbons (Fsp3) is 0.188.